The molecule has 29 heavy (non-hydrogen) atoms. The predicted octanol–water partition coefficient (Wildman–Crippen LogP) is 2.21. The minimum absolute atomic E-state index is 0.0557. The number of nitrogens with zero attached hydrogens (tertiary/aromatic N) is 1. The quantitative estimate of drug-likeness (QED) is 0.679. The van der Waals surface area contributed by atoms with E-state index in [1.807, 2.05) is 36.4 Å². The Morgan fingerprint density at radius 1 is 1.00 bits per heavy atom. The smallest absolute Gasteiger partial charge is 0.407 e. The Morgan fingerprint density at radius 2 is 1.59 bits per heavy atom. The van der Waals surface area contributed by atoms with Crippen molar-refractivity contribution in [2.75, 3.05) is 20.8 Å². The third-order valence-electron chi connectivity index (χ3n) is 3.32. The second-order valence-corrected chi connectivity index (χ2v) is 5.97. The van der Waals surface area contributed by atoms with E-state index in [9.17, 15) is 18.0 Å². The first-order valence-electron chi connectivity index (χ1n) is 8.38. The molecule has 0 saturated carbocycles. The van der Waals surface area contributed by atoms with Gasteiger partial charge in [-0.1, -0.05) is 48.5 Å². The summed E-state index contributed by atoms with van der Waals surface area (Å²) in [4.78, 5) is 22.7. The van der Waals surface area contributed by atoms with Crippen molar-refractivity contribution in [2.24, 2.45) is 4.36 Å². The standard InChI is InChI=1S/C12H14N2O6S.C7H8O/c1-19-11(15)10(14-21(17)18)7-13-12(16)20-8-9-5-3-2-4-6-9;1-8-7-5-3-2-4-6-7/h2-6,10H,7-8H2,1H3,(H,13,16);2-6H,1H3. The van der Waals surface area contributed by atoms with Gasteiger partial charge in [0.2, 0.25) is 0 Å². The van der Waals surface area contributed by atoms with Crippen molar-refractivity contribution in [3.8, 4) is 5.75 Å². The van der Waals surface area contributed by atoms with E-state index in [1.165, 1.54) is 0 Å². The summed E-state index contributed by atoms with van der Waals surface area (Å²) in [6.07, 6.45) is -0.792. The molecule has 9 nitrogen and oxygen atoms in total. The van der Waals surface area contributed by atoms with E-state index in [2.05, 4.69) is 14.4 Å². The van der Waals surface area contributed by atoms with Crippen LogP contribution in [0, 0.1) is 0 Å². The number of alkyl carbamates (subject to hydrolysis) is 1. The Balaban J connectivity index is 0.000000436. The lowest BCUT2D eigenvalue weighted by atomic mass is 10.2. The monoisotopic (exact) mass is 422 g/mol. The SMILES string of the molecule is COC(=O)C(CNC(=O)OCc1ccccc1)N=S(=O)=O.COc1ccccc1. The van der Waals surface area contributed by atoms with Gasteiger partial charge in [0.15, 0.2) is 6.04 Å². The summed E-state index contributed by atoms with van der Waals surface area (Å²) < 4.78 is 38.2. The summed E-state index contributed by atoms with van der Waals surface area (Å²) in [5.74, 6) is 0.0371. The van der Waals surface area contributed by atoms with Crippen molar-refractivity contribution >= 4 is 22.6 Å². The molecular formula is C19H22N2O7S. The molecule has 0 heterocycles. The van der Waals surface area contributed by atoms with Gasteiger partial charge in [0.25, 0.3) is 0 Å². The van der Waals surface area contributed by atoms with Gasteiger partial charge in [0.1, 0.15) is 12.4 Å². The van der Waals surface area contributed by atoms with Crippen LogP contribution in [0.1, 0.15) is 5.56 Å². The number of rotatable bonds is 7. The van der Waals surface area contributed by atoms with Crippen molar-refractivity contribution in [1.29, 1.82) is 0 Å². The third-order valence-corrected chi connectivity index (χ3v) is 3.74. The van der Waals surface area contributed by atoms with E-state index in [1.54, 1.807) is 31.4 Å². The molecule has 0 radical (unpaired) electrons. The normalized spacial score (nSPS) is 10.4. The number of carbonyl (C=O) groups excluding carboxylic acids is 2. The van der Waals surface area contributed by atoms with Crippen LogP contribution in [0.5, 0.6) is 5.75 Å². The van der Waals surface area contributed by atoms with Crippen LogP contribution >= 0.6 is 0 Å². The molecule has 1 amide bonds. The van der Waals surface area contributed by atoms with Crippen molar-refractivity contribution in [3.63, 3.8) is 0 Å². The molecule has 0 aliphatic heterocycles. The number of hydrogen-bond donors (Lipinski definition) is 1. The van der Waals surface area contributed by atoms with E-state index >= 15 is 0 Å². The predicted molar refractivity (Wildman–Crippen MR) is 105 cm³/mol. The number of para-hydroxylation sites is 1. The molecule has 0 bridgehead atoms. The zero-order valence-electron chi connectivity index (χ0n) is 16.0. The van der Waals surface area contributed by atoms with Gasteiger partial charge in [0, 0.05) is 0 Å². The van der Waals surface area contributed by atoms with Crippen molar-refractivity contribution in [3.05, 3.63) is 66.2 Å². The summed E-state index contributed by atoms with van der Waals surface area (Å²) in [6, 6.07) is 17.3. The van der Waals surface area contributed by atoms with Gasteiger partial charge in [-0.3, -0.25) is 0 Å². The van der Waals surface area contributed by atoms with E-state index in [4.69, 9.17) is 9.47 Å². The summed E-state index contributed by atoms with van der Waals surface area (Å²) >= 11 is 0. The number of benzene rings is 2. The van der Waals surface area contributed by atoms with Crippen LogP contribution in [-0.2, 0) is 31.4 Å². The highest BCUT2D eigenvalue weighted by Crippen LogP contribution is 2.05. The molecule has 2 rings (SSSR count). The van der Waals surface area contributed by atoms with Gasteiger partial charge in [-0.15, -0.1) is 0 Å². The van der Waals surface area contributed by atoms with Gasteiger partial charge in [-0.2, -0.15) is 12.8 Å². The molecule has 1 atom stereocenters. The van der Waals surface area contributed by atoms with E-state index in [0.717, 1.165) is 18.4 Å². The van der Waals surface area contributed by atoms with Gasteiger partial charge in [-0.25, -0.2) is 9.59 Å². The van der Waals surface area contributed by atoms with E-state index < -0.39 is 28.6 Å². The van der Waals surface area contributed by atoms with Gasteiger partial charge in [0.05, 0.1) is 20.8 Å². The fourth-order valence-electron chi connectivity index (χ4n) is 1.91. The highest BCUT2D eigenvalue weighted by molar-refractivity contribution is 7.61. The van der Waals surface area contributed by atoms with Crippen LogP contribution in [0.3, 0.4) is 0 Å². The molecule has 1 N–H and O–H groups in total. The molecule has 0 fully saturated rings. The Morgan fingerprint density at radius 3 is 2.07 bits per heavy atom. The molecule has 0 aliphatic carbocycles. The lowest BCUT2D eigenvalue weighted by Gasteiger charge is -2.10. The molecule has 0 spiro atoms. The largest absolute Gasteiger partial charge is 0.497 e. The van der Waals surface area contributed by atoms with Gasteiger partial charge >= 0.3 is 22.6 Å². The second-order valence-electron chi connectivity index (χ2n) is 5.32. The van der Waals surface area contributed by atoms with Gasteiger partial charge in [-0.05, 0) is 17.7 Å². The van der Waals surface area contributed by atoms with Gasteiger partial charge < -0.3 is 19.5 Å². The summed E-state index contributed by atoms with van der Waals surface area (Å²) in [5.41, 5.74) is 0.794. The van der Waals surface area contributed by atoms with E-state index in [0.29, 0.717) is 0 Å². The highest BCUT2D eigenvalue weighted by Gasteiger charge is 2.20. The number of methoxy groups -OCH3 is 2. The van der Waals surface area contributed by atoms with Crippen LogP contribution in [-0.4, -0.2) is 47.3 Å². The molecule has 156 valence electrons. The molecule has 0 saturated heterocycles. The van der Waals surface area contributed by atoms with Crippen LogP contribution in [0.25, 0.3) is 0 Å². The third kappa shape index (κ3) is 10.5. The number of esters is 1. The fraction of sp³-hybridized carbons (Fsp3) is 0.263. The van der Waals surface area contributed by atoms with Crippen molar-refractivity contribution in [2.45, 2.75) is 12.6 Å². The molecule has 0 aliphatic rings. The number of ether oxygens (including phenoxy) is 3. The lowest BCUT2D eigenvalue weighted by molar-refractivity contribution is -0.141. The summed E-state index contributed by atoms with van der Waals surface area (Å²) in [7, 11) is -0.0323. The maximum atomic E-state index is 11.4. The van der Waals surface area contributed by atoms with Crippen molar-refractivity contribution in [1.82, 2.24) is 5.32 Å². The summed E-state index contributed by atoms with van der Waals surface area (Å²) in [6.45, 7) is -0.283. The topological polar surface area (TPSA) is 120 Å². The first-order valence-corrected chi connectivity index (χ1v) is 9.41. The minimum Gasteiger partial charge on any atom is -0.497 e. The number of nitrogens with one attached hydrogen (secondary N) is 1. The molecular weight excluding hydrogens is 400 g/mol. The maximum absolute atomic E-state index is 11.4. The minimum atomic E-state index is -2.78. The first kappa shape index (κ1) is 23.6. The average Bonchev–Trinajstić information content (AvgIpc) is 2.76. The second kappa shape index (κ2) is 13.7. The van der Waals surface area contributed by atoms with Crippen LogP contribution in [0.4, 0.5) is 4.79 Å². The van der Waals surface area contributed by atoms with E-state index in [-0.39, 0.29) is 13.2 Å². The lowest BCUT2D eigenvalue weighted by Crippen LogP contribution is -2.36. The fourth-order valence-corrected chi connectivity index (χ4v) is 2.28. The van der Waals surface area contributed by atoms with Crippen LogP contribution < -0.4 is 10.1 Å². The van der Waals surface area contributed by atoms with Crippen molar-refractivity contribution < 1.29 is 32.2 Å². The Hall–Kier alpha value is -3.40. The average molecular weight is 422 g/mol. The molecule has 2 aromatic rings. The zero-order chi connectivity index (χ0) is 21.5. The number of amides is 1. The maximum Gasteiger partial charge on any atom is 0.407 e. The first-order chi connectivity index (χ1) is 14.0. The number of hydrogen-bond acceptors (Lipinski definition) is 8. The Labute approximate surface area is 170 Å². The highest BCUT2D eigenvalue weighted by atomic mass is 32.2. The zero-order valence-corrected chi connectivity index (χ0v) is 16.8. The Bertz CT molecular complexity index is 879. The van der Waals surface area contributed by atoms with Crippen LogP contribution in [0.2, 0.25) is 0 Å². The summed E-state index contributed by atoms with van der Waals surface area (Å²) in [5, 5.41) is 2.24. The molecule has 0 aromatic heterocycles. The molecule has 2 aromatic carbocycles. The Kier molecular flexibility index (Phi) is 11.2. The molecule has 10 heteroatoms. The number of carbonyl (C=O) groups is 2. The van der Waals surface area contributed by atoms with Crippen LogP contribution in [0.15, 0.2) is 65.0 Å². The molecule has 1 unspecified atom stereocenters.